The Bertz CT molecular complexity index is 498. The molecule has 1 atom stereocenters. The van der Waals surface area contributed by atoms with Crippen molar-refractivity contribution in [3.05, 3.63) is 35.7 Å². The lowest BCUT2D eigenvalue weighted by Gasteiger charge is -1.98. The average Bonchev–Trinajstić information content (AvgIpc) is 3.00. The lowest BCUT2D eigenvalue weighted by atomic mass is 10.1. The molecule has 3 rings (SSSR count). The summed E-state index contributed by atoms with van der Waals surface area (Å²) in [6.45, 7) is 4.05. The summed E-state index contributed by atoms with van der Waals surface area (Å²) >= 11 is 0. The third-order valence-electron chi connectivity index (χ3n) is 3.17. The summed E-state index contributed by atoms with van der Waals surface area (Å²) in [7, 11) is 0. The van der Waals surface area contributed by atoms with E-state index in [4.69, 9.17) is 4.52 Å². The fraction of sp³-hybridized carbons (Fsp3) is 0.385. The Morgan fingerprint density at radius 3 is 2.82 bits per heavy atom. The van der Waals surface area contributed by atoms with Crippen molar-refractivity contribution < 1.29 is 4.52 Å². The highest BCUT2D eigenvalue weighted by atomic mass is 16.5. The van der Waals surface area contributed by atoms with Crippen LogP contribution in [-0.4, -0.2) is 23.2 Å². The van der Waals surface area contributed by atoms with E-state index in [1.165, 1.54) is 5.56 Å². The Kier molecular flexibility index (Phi) is 2.65. The molecule has 0 spiro atoms. The number of aromatic nitrogens is 2. The molecule has 0 radical (unpaired) electrons. The number of rotatable bonds is 2. The van der Waals surface area contributed by atoms with E-state index < -0.39 is 0 Å². The monoisotopic (exact) mass is 229 g/mol. The molecule has 1 aliphatic heterocycles. The van der Waals surface area contributed by atoms with Gasteiger partial charge in [-0.25, -0.2) is 0 Å². The van der Waals surface area contributed by atoms with Crippen LogP contribution in [0, 0.1) is 6.92 Å². The molecular weight excluding hydrogens is 214 g/mol. The van der Waals surface area contributed by atoms with Gasteiger partial charge in [0.1, 0.15) is 0 Å². The second-order valence-electron chi connectivity index (χ2n) is 4.51. The Labute approximate surface area is 100 Å². The lowest BCUT2D eigenvalue weighted by molar-refractivity contribution is 0.417. The number of aryl methyl sites for hydroxylation is 1. The van der Waals surface area contributed by atoms with Crippen molar-refractivity contribution >= 4 is 0 Å². The summed E-state index contributed by atoms with van der Waals surface area (Å²) in [4.78, 5) is 4.47. The van der Waals surface area contributed by atoms with E-state index in [9.17, 15) is 0 Å². The van der Waals surface area contributed by atoms with Crippen LogP contribution in [0.15, 0.2) is 28.8 Å². The molecule has 4 nitrogen and oxygen atoms in total. The molecule has 88 valence electrons. The zero-order chi connectivity index (χ0) is 11.7. The van der Waals surface area contributed by atoms with Crippen LogP contribution in [0.25, 0.3) is 11.5 Å². The van der Waals surface area contributed by atoms with Gasteiger partial charge in [0.05, 0.1) is 0 Å². The van der Waals surface area contributed by atoms with Crippen LogP contribution in [0.1, 0.15) is 23.7 Å². The van der Waals surface area contributed by atoms with Crippen LogP contribution in [0.4, 0.5) is 0 Å². The lowest BCUT2D eigenvalue weighted by Crippen LogP contribution is -2.08. The van der Waals surface area contributed by atoms with E-state index in [-0.39, 0.29) is 0 Å². The minimum Gasteiger partial charge on any atom is -0.334 e. The number of nitrogens with one attached hydrogen (secondary N) is 1. The van der Waals surface area contributed by atoms with Gasteiger partial charge in [-0.3, -0.25) is 0 Å². The summed E-state index contributed by atoms with van der Waals surface area (Å²) in [5, 5.41) is 7.38. The molecule has 0 unspecified atom stereocenters. The van der Waals surface area contributed by atoms with Crippen molar-refractivity contribution in [1.29, 1.82) is 0 Å². The first-order valence-electron chi connectivity index (χ1n) is 5.94. The zero-order valence-electron chi connectivity index (χ0n) is 9.81. The Hall–Kier alpha value is -1.68. The molecule has 17 heavy (non-hydrogen) atoms. The van der Waals surface area contributed by atoms with Crippen molar-refractivity contribution in [3.8, 4) is 11.5 Å². The maximum atomic E-state index is 5.31. The normalized spacial score (nSPS) is 19.7. The van der Waals surface area contributed by atoms with Gasteiger partial charge in [0.2, 0.25) is 0 Å². The molecule has 1 fully saturated rings. The predicted octanol–water partition coefficient (Wildman–Crippen LogP) is 2.12. The largest absolute Gasteiger partial charge is 0.334 e. The molecule has 1 saturated heterocycles. The maximum absolute atomic E-state index is 5.31. The second kappa shape index (κ2) is 4.30. The maximum Gasteiger partial charge on any atom is 0.257 e. The Morgan fingerprint density at radius 1 is 1.29 bits per heavy atom. The fourth-order valence-electron chi connectivity index (χ4n) is 2.09. The highest BCUT2D eigenvalue weighted by Crippen LogP contribution is 2.23. The average molecular weight is 229 g/mol. The minimum atomic E-state index is 0.401. The number of nitrogens with zero attached hydrogens (tertiary/aromatic N) is 2. The van der Waals surface area contributed by atoms with Gasteiger partial charge in [-0.05, 0) is 32.0 Å². The molecular formula is C13H15N3O. The van der Waals surface area contributed by atoms with E-state index in [0.29, 0.717) is 11.8 Å². The summed E-state index contributed by atoms with van der Waals surface area (Å²) < 4.78 is 5.31. The molecule has 0 amide bonds. The summed E-state index contributed by atoms with van der Waals surface area (Å²) in [5.41, 5.74) is 2.22. The number of hydrogen-bond acceptors (Lipinski definition) is 4. The zero-order valence-corrected chi connectivity index (χ0v) is 9.81. The molecule has 2 heterocycles. The molecule has 1 aliphatic rings. The van der Waals surface area contributed by atoms with Crippen molar-refractivity contribution in [2.45, 2.75) is 19.3 Å². The topological polar surface area (TPSA) is 51.0 Å². The number of benzene rings is 1. The van der Waals surface area contributed by atoms with E-state index in [1.54, 1.807) is 0 Å². The Morgan fingerprint density at radius 2 is 2.12 bits per heavy atom. The molecule has 1 aromatic carbocycles. The summed E-state index contributed by atoms with van der Waals surface area (Å²) in [6.07, 6.45) is 1.09. The van der Waals surface area contributed by atoms with Gasteiger partial charge in [0, 0.05) is 18.0 Å². The molecule has 1 aromatic heterocycles. The van der Waals surface area contributed by atoms with Crippen LogP contribution in [0.5, 0.6) is 0 Å². The smallest absolute Gasteiger partial charge is 0.257 e. The first kappa shape index (κ1) is 10.5. The molecule has 0 bridgehead atoms. The van der Waals surface area contributed by atoms with E-state index in [1.807, 2.05) is 12.1 Å². The third-order valence-corrected chi connectivity index (χ3v) is 3.17. The first-order valence-corrected chi connectivity index (χ1v) is 5.94. The molecule has 1 N–H and O–H groups in total. The van der Waals surface area contributed by atoms with Crippen LogP contribution in [-0.2, 0) is 0 Å². The van der Waals surface area contributed by atoms with Crippen molar-refractivity contribution in [2.75, 3.05) is 13.1 Å². The van der Waals surface area contributed by atoms with Gasteiger partial charge in [-0.15, -0.1) is 0 Å². The van der Waals surface area contributed by atoms with Crippen molar-refractivity contribution in [3.63, 3.8) is 0 Å². The van der Waals surface area contributed by atoms with Gasteiger partial charge >= 0.3 is 0 Å². The highest BCUT2D eigenvalue weighted by Gasteiger charge is 2.22. The molecule has 0 saturated carbocycles. The van der Waals surface area contributed by atoms with Crippen LogP contribution < -0.4 is 5.32 Å². The van der Waals surface area contributed by atoms with Crippen molar-refractivity contribution in [2.24, 2.45) is 0 Å². The highest BCUT2D eigenvalue weighted by molar-refractivity contribution is 5.53. The molecule has 4 heteroatoms. The van der Waals surface area contributed by atoms with Crippen LogP contribution >= 0.6 is 0 Å². The van der Waals surface area contributed by atoms with Gasteiger partial charge in [0.15, 0.2) is 5.82 Å². The third kappa shape index (κ3) is 2.08. The summed E-state index contributed by atoms with van der Waals surface area (Å²) in [6, 6.07) is 8.13. The van der Waals surface area contributed by atoms with Crippen LogP contribution in [0.2, 0.25) is 0 Å². The second-order valence-corrected chi connectivity index (χ2v) is 4.51. The van der Waals surface area contributed by atoms with Crippen LogP contribution in [0.3, 0.4) is 0 Å². The SMILES string of the molecule is Cc1ccc(-c2nc([C@@H]3CCNC3)no2)cc1. The van der Waals surface area contributed by atoms with Crippen molar-refractivity contribution in [1.82, 2.24) is 15.5 Å². The summed E-state index contributed by atoms with van der Waals surface area (Å²) in [5.74, 6) is 1.84. The Balaban J connectivity index is 1.86. The minimum absolute atomic E-state index is 0.401. The first-order chi connectivity index (χ1) is 8.33. The number of hydrogen-bond donors (Lipinski definition) is 1. The van der Waals surface area contributed by atoms with E-state index in [0.717, 1.165) is 30.9 Å². The van der Waals surface area contributed by atoms with Gasteiger partial charge in [-0.1, -0.05) is 22.9 Å². The van der Waals surface area contributed by atoms with Gasteiger partial charge < -0.3 is 9.84 Å². The quantitative estimate of drug-likeness (QED) is 0.857. The van der Waals surface area contributed by atoms with Gasteiger partial charge in [-0.2, -0.15) is 4.98 Å². The van der Waals surface area contributed by atoms with E-state index >= 15 is 0 Å². The van der Waals surface area contributed by atoms with E-state index in [2.05, 4.69) is 34.5 Å². The molecule has 2 aromatic rings. The molecule has 0 aliphatic carbocycles. The standard InChI is InChI=1S/C13H15N3O/c1-9-2-4-10(5-3-9)13-15-12(16-17-13)11-6-7-14-8-11/h2-5,11,14H,6-8H2,1H3/t11-/m1/s1. The van der Waals surface area contributed by atoms with Gasteiger partial charge in [0.25, 0.3) is 5.89 Å². The fourth-order valence-corrected chi connectivity index (χ4v) is 2.09. The predicted molar refractivity (Wildman–Crippen MR) is 64.7 cm³/mol.